The summed E-state index contributed by atoms with van der Waals surface area (Å²) in [4.78, 5) is 29.8. The molecule has 5 rings (SSSR count). The number of hydrazone groups is 1. The summed E-state index contributed by atoms with van der Waals surface area (Å²) in [6.45, 7) is -0.0805. The van der Waals surface area contributed by atoms with Crippen molar-refractivity contribution in [3.8, 4) is 0 Å². The van der Waals surface area contributed by atoms with Crippen LogP contribution in [0.15, 0.2) is 88.2 Å². The zero-order valence-electron chi connectivity index (χ0n) is 16.4. The molecule has 0 N–H and O–H groups in total. The van der Waals surface area contributed by atoms with E-state index in [-0.39, 0.29) is 18.2 Å². The van der Waals surface area contributed by atoms with Crippen LogP contribution in [0.4, 0.5) is 5.69 Å². The maximum absolute atomic E-state index is 12.8. The van der Waals surface area contributed by atoms with E-state index in [4.69, 9.17) is 4.74 Å². The molecule has 31 heavy (non-hydrogen) atoms. The summed E-state index contributed by atoms with van der Waals surface area (Å²) in [7, 11) is 0. The van der Waals surface area contributed by atoms with E-state index in [9.17, 15) is 9.59 Å². The van der Waals surface area contributed by atoms with Gasteiger partial charge in [0, 0.05) is 24.1 Å². The van der Waals surface area contributed by atoms with Gasteiger partial charge in [0.05, 0.1) is 17.4 Å². The van der Waals surface area contributed by atoms with Crippen LogP contribution in [0.3, 0.4) is 0 Å². The minimum Gasteiger partial charge on any atom is -0.455 e. The fraction of sp³-hybridized carbons (Fsp3) is 0.130. The number of fused-ring (bicyclic) bond motifs is 1. The summed E-state index contributed by atoms with van der Waals surface area (Å²) < 4.78 is 6.92. The zero-order valence-corrected chi connectivity index (χ0v) is 17.2. The van der Waals surface area contributed by atoms with Gasteiger partial charge in [-0.25, -0.2) is 9.78 Å². The Bertz CT molecular complexity index is 1310. The summed E-state index contributed by atoms with van der Waals surface area (Å²) in [6, 6.07) is 21.0. The maximum Gasteiger partial charge on any atom is 0.354 e. The lowest BCUT2D eigenvalue weighted by Gasteiger charge is -2.23. The molecule has 0 amide bonds. The lowest BCUT2D eigenvalue weighted by atomic mass is 10.0. The molecule has 0 fully saturated rings. The maximum atomic E-state index is 12.8. The molecule has 4 aromatic rings. The number of benzene rings is 2. The van der Waals surface area contributed by atoms with Crippen LogP contribution < -0.4 is 10.6 Å². The molecule has 1 atom stereocenters. The van der Waals surface area contributed by atoms with Crippen LogP contribution in [0, 0.1) is 0 Å². The Kier molecular flexibility index (Phi) is 5.05. The predicted octanol–water partition coefficient (Wildman–Crippen LogP) is 3.81. The number of rotatable bonds is 5. The number of carbonyl (C=O) groups is 1. The second-order valence-electron chi connectivity index (χ2n) is 7.07. The number of anilines is 1. The Morgan fingerprint density at radius 1 is 1.10 bits per heavy atom. The molecule has 0 saturated heterocycles. The van der Waals surface area contributed by atoms with E-state index in [1.54, 1.807) is 11.6 Å². The Morgan fingerprint density at radius 2 is 1.84 bits per heavy atom. The molecule has 0 bridgehead atoms. The number of thiazole rings is 1. The Balaban J connectivity index is 1.37. The van der Waals surface area contributed by atoms with Gasteiger partial charge >= 0.3 is 5.97 Å². The highest BCUT2D eigenvalue weighted by atomic mass is 32.1. The average molecular weight is 430 g/mol. The van der Waals surface area contributed by atoms with Gasteiger partial charge in [0.15, 0.2) is 4.96 Å². The van der Waals surface area contributed by atoms with Crippen LogP contribution in [-0.2, 0) is 16.1 Å². The van der Waals surface area contributed by atoms with Gasteiger partial charge in [-0.2, -0.15) is 5.10 Å². The first-order chi connectivity index (χ1) is 15.2. The summed E-state index contributed by atoms with van der Waals surface area (Å²) in [6.07, 6.45) is 2.10. The lowest BCUT2D eigenvalue weighted by molar-refractivity contribution is -0.137. The molecule has 0 saturated carbocycles. The molecule has 1 aliphatic rings. The smallest absolute Gasteiger partial charge is 0.354 e. The molecule has 8 heteroatoms. The van der Waals surface area contributed by atoms with E-state index in [0.717, 1.165) is 11.3 Å². The Labute approximate surface area is 181 Å². The summed E-state index contributed by atoms with van der Waals surface area (Å²) in [5.41, 5.74) is 2.52. The first kappa shape index (κ1) is 19.2. The van der Waals surface area contributed by atoms with Gasteiger partial charge in [-0.15, -0.1) is 11.3 Å². The molecule has 2 aromatic carbocycles. The van der Waals surface area contributed by atoms with Crippen molar-refractivity contribution in [2.75, 3.05) is 5.01 Å². The van der Waals surface area contributed by atoms with Gasteiger partial charge in [-0.1, -0.05) is 48.5 Å². The SMILES string of the molecule is O=C(OCc1cc(=O)n2ccsc2n1)C1=NN(c2ccccc2)C(c2ccccc2)C1. The third kappa shape index (κ3) is 3.85. The fourth-order valence-electron chi connectivity index (χ4n) is 3.57. The number of esters is 1. The third-order valence-electron chi connectivity index (χ3n) is 5.06. The summed E-state index contributed by atoms with van der Waals surface area (Å²) >= 11 is 1.35. The quantitative estimate of drug-likeness (QED) is 0.450. The second kappa shape index (κ2) is 8.16. The summed E-state index contributed by atoms with van der Waals surface area (Å²) in [5.74, 6) is -0.507. The first-order valence-corrected chi connectivity index (χ1v) is 10.7. The topological polar surface area (TPSA) is 76.3 Å². The van der Waals surface area contributed by atoms with Crippen molar-refractivity contribution in [3.05, 3.63) is 99.9 Å². The highest BCUT2D eigenvalue weighted by molar-refractivity contribution is 7.15. The van der Waals surface area contributed by atoms with Crippen molar-refractivity contribution < 1.29 is 9.53 Å². The second-order valence-corrected chi connectivity index (χ2v) is 7.95. The van der Waals surface area contributed by atoms with Gasteiger partial charge in [0.25, 0.3) is 5.56 Å². The van der Waals surface area contributed by atoms with Crippen molar-refractivity contribution in [2.45, 2.75) is 19.1 Å². The average Bonchev–Trinajstić information content (AvgIpc) is 3.46. The van der Waals surface area contributed by atoms with Crippen molar-refractivity contribution in [3.63, 3.8) is 0 Å². The van der Waals surface area contributed by atoms with Crippen molar-refractivity contribution in [1.82, 2.24) is 9.38 Å². The number of aromatic nitrogens is 2. The van der Waals surface area contributed by atoms with Crippen molar-refractivity contribution in [2.24, 2.45) is 5.10 Å². The van der Waals surface area contributed by atoms with Crippen LogP contribution in [0.25, 0.3) is 4.96 Å². The van der Waals surface area contributed by atoms with E-state index >= 15 is 0 Å². The van der Waals surface area contributed by atoms with Gasteiger partial charge in [0.2, 0.25) is 0 Å². The Morgan fingerprint density at radius 3 is 2.61 bits per heavy atom. The van der Waals surface area contributed by atoms with Gasteiger partial charge in [-0.3, -0.25) is 14.2 Å². The molecule has 0 radical (unpaired) electrons. The molecular weight excluding hydrogens is 412 g/mol. The van der Waals surface area contributed by atoms with Crippen molar-refractivity contribution in [1.29, 1.82) is 0 Å². The number of carbonyl (C=O) groups excluding carboxylic acids is 1. The lowest BCUT2D eigenvalue weighted by Crippen LogP contribution is -2.19. The van der Waals surface area contributed by atoms with E-state index in [0.29, 0.717) is 22.8 Å². The molecule has 0 aliphatic carbocycles. The molecule has 0 spiro atoms. The summed E-state index contributed by atoms with van der Waals surface area (Å²) in [5, 5.41) is 8.22. The molecular formula is C23H18N4O3S. The highest BCUT2D eigenvalue weighted by Gasteiger charge is 2.33. The fourth-order valence-corrected chi connectivity index (χ4v) is 4.31. The van der Waals surface area contributed by atoms with Crippen LogP contribution >= 0.6 is 11.3 Å². The van der Waals surface area contributed by atoms with Gasteiger partial charge in [-0.05, 0) is 17.7 Å². The normalized spacial score (nSPS) is 15.8. The standard InChI is InChI=1S/C23H18N4O3S/c28-21-13-17(24-23-26(21)11-12-31-23)15-30-22(29)19-14-20(16-7-3-1-4-8-16)27(25-19)18-9-5-2-6-10-18/h1-13,20H,14-15H2. The van der Waals surface area contributed by atoms with E-state index < -0.39 is 5.97 Å². The number of nitrogens with zero attached hydrogens (tertiary/aromatic N) is 4. The van der Waals surface area contributed by atoms with Crippen LogP contribution in [0.5, 0.6) is 0 Å². The molecule has 3 heterocycles. The monoisotopic (exact) mass is 430 g/mol. The van der Waals surface area contributed by atoms with Crippen LogP contribution in [0.2, 0.25) is 0 Å². The molecule has 1 unspecified atom stereocenters. The van der Waals surface area contributed by atoms with E-state index in [2.05, 4.69) is 10.1 Å². The minimum absolute atomic E-state index is 0.0805. The zero-order chi connectivity index (χ0) is 21.2. The van der Waals surface area contributed by atoms with Gasteiger partial charge in [0.1, 0.15) is 12.3 Å². The van der Waals surface area contributed by atoms with E-state index in [1.165, 1.54) is 21.8 Å². The first-order valence-electron chi connectivity index (χ1n) is 9.78. The third-order valence-corrected chi connectivity index (χ3v) is 5.82. The van der Waals surface area contributed by atoms with Crippen LogP contribution in [-0.4, -0.2) is 21.1 Å². The molecule has 2 aromatic heterocycles. The van der Waals surface area contributed by atoms with E-state index in [1.807, 2.05) is 65.7 Å². The largest absolute Gasteiger partial charge is 0.455 e. The predicted molar refractivity (Wildman–Crippen MR) is 119 cm³/mol. The number of hydrogen-bond acceptors (Lipinski definition) is 7. The minimum atomic E-state index is -0.507. The molecule has 7 nitrogen and oxygen atoms in total. The Hall–Kier alpha value is -3.78. The number of hydrogen-bond donors (Lipinski definition) is 0. The molecule has 154 valence electrons. The van der Waals surface area contributed by atoms with Crippen LogP contribution in [0.1, 0.15) is 23.7 Å². The number of para-hydroxylation sites is 1. The van der Waals surface area contributed by atoms with Gasteiger partial charge < -0.3 is 4.74 Å². The molecule has 1 aliphatic heterocycles. The highest BCUT2D eigenvalue weighted by Crippen LogP contribution is 2.35. The van der Waals surface area contributed by atoms with Crippen molar-refractivity contribution >= 4 is 33.7 Å². The number of ether oxygens (including phenoxy) is 1.